The van der Waals surface area contributed by atoms with Crippen LogP contribution in [0, 0.1) is 17.8 Å². The van der Waals surface area contributed by atoms with Crippen LogP contribution in [-0.4, -0.2) is 35.0 Å². The maximum absolute atomic E-state index is 6.03. The van der Waals surface area contributed by atoms with Gasteiger partial charge in [-0.25, -0.2) is 0 Å². The molecular weight excluding hydrogens is 254 g/mol. The Hall–Kier alpha value is 0.0969. The van der Waals surface area contributed by atoms with Crippen LogP contribution in [0.2, 0.25) is 5.54 Å². The highest BCUT2D eigenvalue weighted by atomic mass is 28.4. The molecule has 2 rings (SSSR count). The lowest BCUT2D eigenvalue weighted by Gasteiger charge is -2.50. The largest absolute Gasteiger partial charge is 0.397 e. The molecule has 1 saturated carbocycles. The highest BCUT2D eigenvalue weighted by Gasteiger charge is 2.54. The zero-order valence-electron chi connectivity index (χ0n) is 13.2. The van der Waals surface area contributed by atoms with Crippen molar-refractivity contribution in [2.24, 2.45) is 17.8 Å². The fourth-order valence-corrected chi connectivity index (χ4v) is 8.21. The zero-order valence-corrected chi connectivity index (χ0v) is 14.2. The maximum atomic E-state index is 6.03. The lowest BCUT2D eigenvalue weighted by molar-refractivity contribution is 0.0982. The number of hydrogen-bond acceptors (Lipinski definition) is 3. The second-order valence-electron chi connectivity index (χ2n) is 6.85. The van der Waals surface area contributed by atoms with Gasteiger partial charge in [0.1, 0.15) is 0 Å². The van der Waals surface area contributed by atoms with Gasteiger partial charge in [0, 0.05) is 14.2 Å². The van der Waals surface area contributed by atoms with E-state index in [0.29, 0.717) is 11.2 Å². The van der Waals surface area contributed by atoms with E-state index in [2.05, 4.69) is 26.1 Å². The summed E-state index contributed by atoms with van der Waals surface area (Å²) in [6.45, 7) is 8.06. The van der Waals surface area contributed by atoms with E-state index in [1.807, 2.05) is 14.2 Å². The third-order valence-corrected chi connectivity index (χ3v) is 9.88. The minimum absolute atomic E-state index is 0.462. The Morgan fingerprint density at radius 1 is 1.11 bits per heavy atom. The van der Waals surface area contributed by atoms with Gasteiger partial charge in [-0.3, -0.25) is 0 Å². The second kappa shape index (κ2) is 6.25. The monoisotopic (exact) mass is 285 g/mol. The van der Waals surface area contributed by atoms with E-state index in [-0.39, 0.29) is 0 Å². The molecule has 1 saturated heterocycles. The molecule has 0 amide bonds. The number of fused-ring (bicyclic) bond motifs is 1. The Balaban J connectivity index is 2.24. The first-order valence-corrected chi connectivity index (χ1v) is 9.86. The molecule has 0 spiro atoms. The van der Waals surface area contributed by atoms with E-state index in [1.54, 1.807) is 0 Å². The Bertz CT molecular complexity index is 294. The molecule has 0 aromatic carbocycles. The van der Waals surface area contributed by atoms with Gasteiger partial charge in [-0.1, -0.05) is 27.2 Å². The summed E-state index contributed by atoms with van der Waals surface area (Å²) in [6, 6.07) is 0. The molecule has 4 heteroatoms. The summed E-state index contributed by atoms with van der Waals surface area (Å²) in [4.78, 5) is 0. The number of hydrogen-bond donors (Lipinski definition) is 1. The molecule has 3 nitrogen and oxygen atoms in total. The molecule has 0 bridgehead atoms. The minimum Gasteiger partial charge on any atom is -0.397 e. The molecule has 1 N–H and O–H groups in total. The van der Waals surface area contributed by atoms with Crippen molar-refractivity contribution in [2.45, 2.75) is 57.7 Å². The number of rotatable bonds is 4. The average molecular weight is 286 g/mol. The van der Waals surface area contributed by atoms with Crippen molar-refractivity contribution in [3.05, 3.63) is 0 Å². The van der Waals surface area contributed by atoms with E-state index in [0.717, 1.165) is 24.3 Å². The Morgan fingerprint density at radius 3 is 2.37 bits per heavy atom. The first kappa shape index (κ1) is 15.5. The summed E-state index contributed by atoms with van der Waals surface area (Å²) in [7, 11) is 1.54. The summed E-state index contributed by atoms with van der Waals surface area (Å²) >= 11 is 0. The molecule has 0 aromatic rings. The Kier molecular flexibility index (Phi) is 5.09. The van der Waals surface area contributed by atoms with Gasteiger partial charge < -0.3 is 14.2 Å². The van der Waals surface area contributed by atoms with Crippen molar-refractivity contribution in [1.82, 2.24) is 5.32 Å². The molecule has 1 aliphatic heterocycles. The first-order valence-electron chi connectivity index (χ1n) is 7.88. The van der Waals surface area contributed by atoms with Crippen molar-refractivity contribution in [3.63, 3.8) is 0 Å². The van der Waals surface area contributed by atoms with Gasteiger partial charge in [0.25, 0.3) is 0 Å². The Morgan fingerprint density at radius 2 is 1.79 bits per heavy atom. The van der Waals surface area contributed by atoms with E-state index >= 15 is 0 Å². The molecule has 0 radical (unpaired) electrons. The van der Waals surface area contributed by atoms with Crippen molar-refractivity contribution in [1.29, 1.82) is 0 Å². The summed E-state index contributed by atoms with van der Waals surface area (Å²) in [5.41, 5.74) is 0.944. The van der Waals surface area contributed by atoms with Gasteiger partial charge in [0.15, 0.2) is 0 Å². The lowest BCUT2D eigenvalue weighted by Crippen LogP contribution is -2.67. The molecule has 2 aliphatic rings. The molecule has 4 atom stereocenters. The number of nitrogens with one attached hydrogen (secondary N) is 1. The fraction of sp³-hybridized carbons (Fsp3) is 1.00. The SMILES string of the molecule is CO[Si](OC)(C(C)C)C1NCCC2CCC(C)CC21. The van der Waals surface area contributed by atoms with Crippen LogP contribution in [0.4, 0.5) is 0 Å². The van der Waals surface area contributed by atoms with Crippen LogP contribution < -0.4 is 5.32 Å². The molecule has 4 unspecified atom stereocenters. The van der Waals surface area contributed by atoms with Crippen LogP contribution in [0.25, 0.3) is 0 Å². The van der Waals surface area contributed by atoms with E-state index in [1.165, 1.54) is 25.7 Å². The highest BCUT2D eigenvalue weighted by molar-refractivity contribution is 6.70. The van der Waals surface area contributed by atoms with Crippen LogP contribution in [0.3, 0.4) is 0 Å². The van der Waals surface area contributed by atoms with Crippen LogP contribution in [0.1, 0.15) is 46.5 Å². The molecule has 19 heavy (non-hydrogen) atoms. The van der Waals surface area contributed by atoms with E-state index in [9.17, 15) is 0 Å². The van der Waals surface area contributed by atoms with Crippen molar-refractivity contribution in [2.75, 3.05) is 20.8 Å². The predicted octanol–water partition coefficient (Wildman–Crippen LogP) is 3.08. The average Bonchev–Trinajstić information content (AvgIpc) is 2.40. The molecule has 1 heterocycles. The molecule has 112 valence electrons. The van der Waals surface area contributed by atoms with Gasteiger partial charge in [-0.2, -0.15) is 0 Å². The standard InChI is InChI=1S/C15H31NO2Si/c1-11(2)19(17-4,18-5)15-14-10-12(3)6-7-13(14)8-9-16-15/h11-16H,6-10H2,1-5H3. The molecular formula is C15H31NO2Si. The van der Waals surface area contributed by atoms with Crippen LogP contribution in [-0.2, 0) is 8.85 Å². The van der Waals surface area contributed by atoms with Crippen molar-refractivity contribution >= 4 is 8.56 Å². The van der Waals surface area contributed by atoms with Crippen LogP contribution in [0.5, 0.6) is 0 Å². The van der Waals surface area contributed by atoms with Crippen molar-refractivity contribution in [3.8, 4) is 0 Å². The van der Waals surface area contributed by atoms with Crippen LogP contribution >= 0.6 is 0 Å². The smallest absolute Gasteiger partial charge is 0.358 e. The summed E-state index contributed by atoms with van der Waals surface area (Å²) in [5, 5.41) is 3.77. The minimum atomic E-state index is -2.17. The lowest BCUT2D eigenvalue weighted by atomic mass is 9.71. The Labute approximate surface area is 119 Å². The normalized spacial score (nSPS) is 36.3. The second-order valence-corrected chi connectivity index (χ2v) is 10.9. The van der Waals surface area contributed by atoms with Gasteiger partial charge in [0.2, 0.25) is 0 Å². The van der Waals surface area contributed by atoms with Gasteiger partial charge in [-0.05, 0) is 49.1 Å². The third kappa shape index (κ3) is 2.78. The topological polar surface area (TPSA) is 30.5 Å². The summed E-state index contributed by atoms with van der Waals surface area (Å²) < 4.78 is 12.1. The van der Waals surface area contributed by atoms with Gasteiger partial charge >= 0.3 is 8.56 Å². The fourth-order valence-electron chi connectivity index (χ4n) is 4.44. The molecule has 0 aromatic heterocycles. The highest BCUT2D eigenvalue weighted by Crippen LogP contribution is 2.44. The van der Waals surface area contributed by atoms with Gasteiger partial charge in [0.05, 0.1) is 5.67 Å². The maximum Gasteiger partial charge on any atom is 0.358 e. The quantitative estimate of drug-likeness (QED) is 0.805. The van der Waals surface area contributed by atoms with Crippen LogP contribution in [0.15, 0.2) is 0 Å². The van der Waals surface area contributed by atoms with Crippen molar-refractivity contribution < 1.29 is 8.85 Å². The van der Waals surface area contributed by atoms with Gasteiger partial charge in [-0.15, -0.1) is 0 Å². The van der Waals surface area contributed by atoms with E-state index < -0.39 is 8.56 Å². The zero-order chi connectivity index (χ0) is 14.0. The predicted molar refractivity (Wildman–Crippen MR) is 81.3 cm³/mol. The first-order chi connectivity index (χ1) is 9.05. The number of piperidine rings is 1. The third-order valence-electron chi connectivity index (χ3n) is 5.49. The summed E-state index contributed by atoms with van der Waals surface area (Å²) in [5.74, 6) is 2.50. The molecule has 2 fully saturated rings. The van der Waals surface area contributed by atoms with E-state index in [4.69, 9.17) is 8.85 Å². The summed E-state index contributed by atoms with van der Waals surface area (Å²) in [6.07, 6.45) is 5.49. The molecule has 1 aliphatic carbocycles.